The molecule has 0 unspecified atom stereocenters. The van der Waals surface area contributed by atoms with Gasteiger partial charge in [-0.25, -0.2) is 0 Å². The molecule has 2 aromatic rings. The first kappa shape index (κ1) is 16.2. The van der Waals surface area contributed by atoms with Gasteiger partial charge in [-0.2, -0.15) is 0 Å². The highest BCUT2D eigenvalue weighted by Crippen LogP contribution is 2.22. The van der Waals surface area contributed by atoms with Gasteiger partial charge in [-0.05, 0) is 36.2 Å². The third-order valence-corrected chi connectivity index (χ3v) is 3.54. The third kappa shape index (κ3) is 4.40. The molecular weight excluding hydrogens is 302 g/mol. The lowest BCUT2D eigenvalue weighted by Gasteiger charge is -2.10. The molecule has 0 fully saturated rings. The molecule has 0 radical (unpaired) electrons. The summed E-state index contributed by atoms with van der Waals surface area (Å²) in [6.07, 6.45) is 0. The summed E-state index contributed by atoms with van der Waals surface area (Å²) in [6.45, 7) is 2.25. The Balaban J connectivity index is 1.84. The second-order valence-electron chi connectivity index (χ2n) is 4.79. The van der Waals surface area contributed by atoms with E-state index in [1.54, 1.807) is 19.2 Å². The summed E-state index contributed by atoms with van der Waals surface area (Å²) in [4.78, 5) is 11.8. The molecule has 0 saturated heterocycles. The quantitative estimate of drug-likeness (QED) is 0.888. The number of rotatable bonds is 6. The van der Waals surface area contributed by atoms with Crippen molar-refractivity contribution in [3.05, 3.63) is 58.6 Å². The zero-order valence-electron chi connectivity index (χ0n) is 12.6. The van der Waals surface area contributed by atoms with Gasteiger partial charge in [-0.3, -0.25) is 4.79 Å². The van der Waals surface area contributed by atoms with E-state index in [0.29, 0.717) is 23.1 Å². The van der Waals surface area contributed by atoms with Gasteiger partial charge in [0.25, 0.3) is 5.91 Å². The van der Waals surface area contributed by atoms with Crippen LogP contribution in [0.2, 0.25) is 5.02 Å². The predicted octanol–water partition coefficient (Wildman–Crippen LogP) is 3.35. The van der Waals surface area contributed by atoms with Crippen molar-refractivity contribution in [3.8, 4) is 11.5 Å². The number of carbonyl (C=O) groups excluding carboxylic acids is 1. The van der Waals surface area contributed by atoms with Gasteiger partial charge in [-0.1, -0.05) is 35.9 Å². The molecule has 2 rings (SSSR count). The molecule has 0 aromatic heterocycles. The van der Waals surface area contributed by atoms with Gasteiger partial charge >= 0.3 is 0 Å². The second-order valence-corrected chi connectivity index (χ2v) is 5.20. The minimum absolute atomic E-state index is 0.0291. The molecule has 0 heterocycles. The highest BCUT2D eigenvalue weighted by Gasteiger charge is 2.07. The maximum absolute atomic E-state index is 11.8. The van der Waals surface area contributed by atoms with E-state index in [9.17, 15) is 4.79 Å². The number of carbonyl (C=O) groups is 1. The Morgan fingerprint density at radius 2 is 2.00 bits per heavy atom. The Labute approximate surface area is 135 Å². The molecule has 0 aliphatic rings. The molecule has 0 atom stereocenters. The van der Waals surface area contributed by atoms with Crippen molar-refractivity contribution < 1.29 is 14.3 Å². The maximum atomic E-state index is 11.8. The molecule has 1 amide bonds. The second kappa shape index (κ2) is 7.71. The summed E-state index contributed by atoms with van der Waals surface area (Å²) in [7, 11) is 1.58. The molecular formula is C17H18ClNO3. The smallest absolute Gasteiger partial charge is 0.258 e. The van der Waals surface area contributed by atoms with Crippen LogP contribution in [0.25, 0.3) is 0 Å². The summed E-state index contributed by atoms with van der Waals surface area (Å²) in [5.74, 6) is 1.19. The lowest BCUT2D eigenvalue weighted by molar-refractivity contribution is -0.123. The van der Waals surface area contributed by atoms with Crippen molar-refractivity contribution in [2.24, 2.45) is 0 Å². The number of hydrogen-bond acceptors (Lipinski definition) is 3. The Hall–Kier alpha value is -2.20. The summed E-state index contributed by atoms with van der Waals surface area (Å²) >= 11 is 6.12. The number of amides is 1. The van der Waals surface area contributed by atoms with Crippen LogP contribution >= 0.6 is 11.6 Å². The van der Waals surface area contributed by atoms with E-state index >= 15 is 0 Å². The fraction of sp³-hybridized carbons (Fsp3) is 0.235. The molecule has 116 valence electrons. The highest BCUT2D eigenvalue weighted by molar-refractivity contribution is 6.31. The lowest BCUT2D eigenvalue weighted by atomic mass is 10.2. The van der Waals surface area contributed by atoms with Crippen molar-refractivity contribution >= 4 is 17.5 Å². The fourth-order valence-electron chi connectivity index (χ4n) is 1.90. The summed E-state index contributed by atoms with van der Waals surface area (Å²) in [5, 5.41) is 3.33. The summed E-state index contributed by atoms with van der Waals surface area (Å²) in [5.41, 5.74) is 1.82. The number of ether oxygens (including phenoxy) is 2. The zero-order chi connectivity index (χ0) is 15.9. The van der Waals surface area contributed by atoms with E-state index in [2.05, 4.69) is 5.32 Å². The van der Waals surface area contributed by atoms with Crippen molar-refractivity contribution in [2.75, 3.05) is 13.7 Å². The Kier molecular flexibility index (Phi) is 5.67. The zero-order valence-corrected chi connectivity index (χ0v) is 13.3. The van der Waals surface area contributed by atoms with Crippen LogP contribution in [0.5, 0.6) is 11.5 Å². The number of aryl methyl sites for hydroxylation is 1. The molecule has 1 N–H and O–H groups in total. The van der Waals surface area contributed by atoms with E-state index in [1.165, 1.54) is 0 Å². The van der Waals surface area contributed by atoms with E-state index in [0.717, 1.165) is 11.1 Å². The normalized spacial score (nSPS) is 10.1. The SMILES string of the molecule is COc1ccc(CNC(=O)COc2ccccc2C)c(Cl)c1. The monoisotopic (exact) mass is 319 g/mol. The van der Waals surface area contributed by atoms with Crippen LogP contribution in [0.3, 0.4) is 0 Å². The number of halogens is 1. The molecule has 0 aliphatic heterocycles. The topological polar surface area (TPSA) is 47.6 Å². The van der Waals surface area contributed by atoms with E-state index < -0.39 is 0 Å². The van der Waals surface area contributed by atoms with Crippen LogP contribution in [0, 0.1) is 6.92 Å². The third-order valence-electron chi connectivity index (χ3n) is 3.19. The van der Waals surface area contributed by atoms with Gasteiger partial charge in [0, 0.05) is 11.6 Å². The van der Waals surface area contributed by atoms with Crippen LogP contribution in [0.1, 0.15) is 11.1 Å². The molecule has 5 heteroatoms. The molecule has 4 nitrogen and oxygen atoms in total. The van der Waals surface area contributed by atoms with E-state index in [4.69, 9.17) is 21.1 Å². The Morgan fingerprint density at radius 3 is 2.68 bits per heavy atom. The van der Waals surface area contributed by atoms with Crippen molar-refractivity contribution in [1.29, 1.82) is 0 Å². The van der Waals surface area contributed by atoms with Crippen LogP contribution in [0.15, 0.2) is 42.5 Å². The van der Waals surface area contributed by atoms with Crippen LogP contribution in [-0.4, -0.2) is 19.6 Å². The van der Waals surface area contributed by atoms with Crippen molar-refractivity contribution in [1.82, 2.24) is 5.32 Å². The summed E-state index contributed by atoms with van der Waals surface area (Å²) in [6, 6.07) is 12.9. The Bertz CT molecular complexity index is 658. The minimum Gasteiger partial charge on any atom is -0.497 e. The molecule has 0 spiro atoms. The minimum atomic E-state index is -0.199. The van der Waals surface area contributed by atoms with Crippen LogP contribution in [-0.2, 0) is 11.3 Å². The van der Waals surface area contributed by atoms with Crippen LogP contribution in [0.4, 0.5) is 0 Å². The first-order chi connectivity index (χ1) is 10.6. The number of para-hydroxylation sites is 1. The van der Waals surface area contributed by atoms with Gasteiger partial charge in [0.2, 0.25) is 0 Å². The standard InChI is InChI=1S/C17H18ClNO3/c1-12-5-3-4-6-16(12)22-11-17(20)19-10-13-7-8-14(21-2)9-15(13)18/h3-9H,10-11H2,1-2H3,(H,19,20). The maximum Gasteiger partial charge on any atom is 0.258 e. The average molecular weight is 320 g/mol. The van der Waals surface area contributed by atoms with Crippen molar-refractivity contribution in [2.45, 2.75) is 13.5 Å². The Morgan fingerprint density at radius 1 is 1.23 bits per heavy atom. The van der Waals surface area contributed by atoms with Gasteiger partial charge in [0.05, 0.1) is 7.11 Å². The van der Waals surface area contributed by atoms with Gasteiger partial charge < -0.3 is 14.8 Å². The van der Waals surface area contributed by atoms with Crippen molar-refractivity contribution in [3.63, 3.8) is 0 Å². The van der Waals surface area contributed by atoms with Gasteiger partial charge in [0.15, 0.2) is 6.61 Å². The van der Waals surface area contributed by atoms with Crippen LogP contribution < -0.4 is 14.8 Å². The number of benzene rings is 2. The summed E-state index contributed by atoms with van der Waals surface area (Å²) < 4.78 is 10.6. The number of nitrogens with one attached hydrogen (secondary N) is 1. The van der Waals surface area contributed by atoms with E-state index in [1.807, 2.05) is 37.3 Å². The lowest BCUT2D eigenvalue weighted by Crippen LogP contribution is -2.28. The number of hydrogen-bond donors (Lipinski definition) is 1. The fourth-order valence-corrected chi connectivity index (χ4v) is 2.14. The van der Waals surface area contributed by atoms with Gasteiger partial charge in [0.1, 0.15) is 11.5 Å². The molecule has 0 saturated carbocycles. The van der Waals surface area contributed by atoms with Gasteiger partial charge in [-0.15, -0.1) is 0 Å². The predicted molar refractivity (Wildman–Crippen MR) is 86.5 cm³/mol. The molecule has 22 heavy (non-hydrogen) atoms. The largest absolute Gasteiger partial charge is 0.497 e. The average Bonchev–Trinajstić information content (AvgIpc) is 2.52. The first-order valence-electron chi connectivity index (χ1n) is 6.87. The molecule has 0 aliphatic carbocycles. The first-order valence-corrected chi connectivity index (χ1v) is 7.25. The highest BCUT2D eigenvalue weighted by atomic mass is 35.5. The molecule has 0 bridgehead atoms. The van der Waals surface area contributed by atoms with E-state index in [-0.39, 0.29) is 12.5 Å². The molecule has 2 aromatic carbocycles. The number of methoxy groups -OCH3 is 1.